The molecule has 0 atom stereocenters. The number of amides is 1. The highest BCUT2D eigenvalue weighted by molar-refractivity contribution is 7.80. The number of carbonyl (C=O) groups excluding carboxylic acids is 2. The number of nitrogens with zero attached hydrogens (tertiary/aromatic N) is 1. The third-order valence-electron chi connectivity index (χ3n) is 6.48. The molecule has 0 fully saturated rings. The molecule has 2 aromatic heterocycles. The lowest BCUT2D eigenvalue weighted by Crippen LogP contribution is -2.34. The highest BCUT2D eigenvalue weighted by atomic mass is 32.1. The van der Waals surface area contributed by atoms with Crippen molar-refractivity contribution in [1.82, 2.24) is 10.3 Å². The summed E-state index contributed by atoms with van der Waals surface area (Å²) in [5.41, 5.74) is 4.13. The van der Waals surface area contributed by atoms with E-state index in [1.165, 1.54) is 18.4 Å². The normalized spacial score (nSPS) is 12.6. The van der Waals surface area contributed by atoms with E-state index >= 15 is 0 Å². The number of anilines is 1. The number of aromatic nitrogens is 1. The smallest absolute Gasteiger partial charge is 0.341 e. The summed E-state index contributed by atoms with van der Waals surface area (Å²) < 4.78 is 10.9. The summed E-state index contributed by atoms with van der Waals surface area (Å²) in [7, 11) is 1.37. The van der Waals surface area contributed by atoms with Gasteiger partial charge in [-0.05, 0) is 81.6 Å². The first-order chi connectivity index (χ1) is 18.8. The molecule has 7 nitrogen and oxygen atoms in total. The maximum Gasteiger partial charge on any atom is 0.341 e. The fraction of sp³-hybridized carbons (Fsp3) is 0.267. The second-order valence-electron chi connectivity index (χ2n) is 9.58. The zero-order chi connectivity index (χ0) is 27.5. The molecule has 0 bridgehead atoms. The number of para-hydroxylation sites is 1. The molecule has 4 aromatic rings. The maximum atomic E-state index is 13.5. The number of rotatable bonds is 6. The van der Waals surface area contributed by atoms with E-state index in [4.69, 9.17) is 26.7 Å². The number of thiocarbonyl (C=S) groups is 1. The number of hydrogen-bond donors (Lipinski definition) is 2. The van der Waals surface area contributed by atoms with Gasteiger partial charge >= 0.3 is 5.97 Å². The lowest BCUT2D eigenvalue weighted by molar-refractivity contribution is 0.0601. The Bertz CT molecular complexity index is 1580. The van der Waals surface area contributed by atoms with Gasteiger partial charge in [-0.15, -0.1) is 11.3 Å². The van der Waals surface area contributed by atoms with Gasteiger partial charge in [0.25, 0.3) is 5.91 Å². The van der Waals surface area contributed by atoms with Crippen molar-refractivity contribution < 1.29 is 19.1 Å². The van der Waals surface area contributed by atoms with Gasteiger partial charge in [-0.3, -0.25) is 10.1 Å². The fourth-order valence-corrected chi connectivity index (χ4v) is 6.33. The van der Waals surface area contributed by atoms with Gasteiger partial charge in [0.05, 0.1) is 35.6 Å². The second-order valence-corrected chi connectivity index (χ2v) is 11.1. The summed E-state index contributed by atoms with van der Waals surface area (Å²) >= 11 is 7.01. The minimum Gasteiger partial charge on any atom is -0.491 e. The molecular formula is C30H29N3O4S2. The third kappa shape index (κ3) is 5.79. The van der Waals surface area contributed by atoms with E-state index in [2.05, 4.69) is 10.6 Å². The standard InChI is InChI=1S/C30H29N3O4S2/c1-17(2)37-19-10-8-9-18(15-19)24-16-22(20-11-4-6-13-23(20)31-24)27(34)32-30(38)33-28-26(29(35)36-3)21-12-5-7-14-25(21)39-28/h4,6,8-11,13,15-17H,5,7,12,14H2,1-3H3,(H2,32,33,34,38). The summed E-state index contributed by atoms with van der Waals surface area (Å²) in [4.78, 5) is 32.1. The summed E-state index contributed by atoms with van der Waals surface area (Å²) in [5.74, 6) is -0.0451. The topological polar surface area (TPSA) is 89.6 Å². The highest BCUT2D eigenvalue weighted by Crippen LogP contribution is 2.38. The molecule has 0 saturated heterocycles. The molecule has 200 valence electrons. The highest BCUT2D eigenvalue weighted by Gasteiger charge is 2.27. The fourth-order valence-electron chi connectivity index (χ4n) is 4.79. The Kier molecular flexibility index (Phi) is 7.90. The van der Waals surface area contributed by atoms with E-state index in [1.807, 2.05) is 62.4 Å². The molecule has 1 aliphatic carbocycles. The van der Waals surface area contributed by atoms with E-state index in [-0.39, 0.29) is 17.1 Å². The van der Waals surface area contributed by atoms with Gasteiger partial charge in [0.1, 0.15) is 10.8 Å². The van der Waals surface area contributed by atoms with Gasteiger partial charge in [-0.2, -0.15) is 0 Å². The Hall–Kier alpha value is -3.82. The number of thiophene rings is 1. The Morgan fingerprint density at radius 3 is 2.64 bits per heavy atom. The zero-order valence-electron chi connectivity index (χ0n) is 22.0. The van der Waals surface area contributed by atoms with Crippen LogP contribution in [0.3, 0.4) is 0 Å². The van der Waals surface area contributed by atoms with Gasteiger partial charge in [-0.1, -0.05) is 30.3 Å². The Morgan fingerprint density at radius 1 is 1.05 bits per heavy atom. The van der Waals surface area contributed by atoms with Gasteiger partial charge in [0.2, 0.25) is 0 Å². The van der Waals surface area contributed by atoms with Crippen molar-refractivity contribution >= 4 is 56.4 Å². The van der Waals surface area contributed by atoms with Crippen LogP contribution in [0.4, 0.5) is 5.00 Å². The van der Waals surface area contributed by atoms with Crippen molar-refractivity contribution in [2.45, 2.75) is 45.6 Å². The van der Waals surface area contributed by atoms with E-state index in [0.29, 0.717) is 32.7 Å². The molecule has 0 spiro atoms. The van der Waals surface area contributed by atoms with Gasteiger partial charge < -0.3 is 14.8 Å². The van der Waals surface area contributed by atoms with Crippen LogP contribution < -0.4 is 15.4 Å². The SMILES string of the molecule is COC(=O)c1c(NC(=S)NC(=O)c2cc(-c3cccc(OC(C)C)c3)nc3ccccc23)sc2c1CCCC2. The van der Waals surface area contributed by atoms with Crippen LogP contribution in [0.15, 0.2) is 54.6 Å². The molecule has 2 aromatic carbocycles. The molecule has 2 heterocycles. The van der Waals surface area contributed by atoms with Crippen molar-refractivity contribution in [3.05, 3.63) is 76.2 Å². The molecule has 1 amide bonds. The summed E-state index contributed by atoms with van der Waals surface area (Å²) in [6.45, 7) is 3.94. The molecule has 0 unspecified atom stereocenters. The Labute approximate surface area is 236 Å². The third-order valence-corrected chi connectivity index (χ3v) is 7.89. The van der Waals surface area contributed by atoms with E-state index < -0.39 is 5.97 Å². The average Bonchev–Trinajstić information content (AvgIpc) is 3.29. The summed E-state index contributed by atoms with van der Waals surface area (Å²) in [6, 6.07) is 16.9. The van der Waals surface area contributed by atoms with Crippen molar-refractivity contribution in [1.29, 1.82) is 0 Å². The van der Waals surface area contributed by atoms with Crippen molar-refractivity contribution in [3.63, 3.8) is 0 Å². The predicted molar refractivity (Wildman–Crippen MR) is 159 cm³/mol. The number of aryl methyl sites for hydroxylation is 1. The first-order valence-corrected chi connectivity index (χ1v) is 14.1. The number of fused-ring (bicyclic) bond motifs is 2. The van der Waals surface area contributed by atoms with Crippen LogP contribution in [-0.2, 0) is 17.6 Å². The Balaban J connectivity index is 1.44. The number of esters is 1. The molecular weight excluding hydrogens is 530 g/mol. The quantitative estimate of drug-likeness (QED) is 0.205. The van der Waals surface area contributed by atoms with Crippen LogP contribution in [0, 0.1) is 0 Å². The van der Waals surface area contributed by atoms with Crippen LogP contribution >= 0.6 is 23.6 Å². The van der Waals surface area contributed by atoms with Crippen LogP contribution in [0.5, 0.6) is 5.75 Å². The molecule has 0 saturated carbocycles. The number of carbonyl (C=O) groups is 2. The minimum absolute atomic E-state index is 0.0354. The number of pyridine rings is 1. The molecule has 39 heavy (non-hydrogen) atoms. The second kappa shape index (κ2) is 11.5. The predicted octanol–water partition coefficient (Wildman–Crippen LogP) is 6.54. The van der Waals surface area contributed by atoms with Gasteiger partial charge in [0.15, 0.2) is 5.11 Å². The first-order valence-electron chi connectivity index (χ1n) is 12.9. The molecule has 1 aliphatic rings. The maximum absolute atomic E-state index is 13.5. The van der Waals surface area contributed by atoms with Crippen molar-refractivity contribution in [2.75, 3.05) is 12.4 Å². The number of hydrogen-bond acceptors (Lipinski definition) is 7. The van der Waals surface area contributed by atoms with Gasteiger partial charge in [-0.25, -0.2) is 9.78 Å². The lowest BCUT2D eigenvalue weighted by atomic mass is 9.95. The summed E-state index contributed by atoms with van der Waals surface area (Å²) in [6.07, 6.45) is 3.89. The Morgan fingerprint density at radius 2 is 1.85 bits per heavy atom. The van der Waals surface area contributed by atoms with Crippen molar-refractivity contribution in [3.8, 4) is 17.0 Å². The molecule has 5 rings (SSSR count). The van der Waals surface area contributed by atoms with E-state index in [0.717, 1.165) is 47.4 Å². The van der Waals surface area contributed by atoms with Crippen LogP contribution in [0.2, 0.25) is 0 Å². The van der Waals surface area contributed by atoms with Crippen LogP contribution in [0.1, 0.15) is 57.8 Å². The zero-order valence-corrected chi connectivity index (χ0v) is 23.6. The lowest BCUT2D eigenvalue weighted by Gasteiger charge is -2.14. The molecule has 9 heteroatoms. The van der Waals surface area contributed by atoms with Gasteiger partial charge in [0, 0.05) is 15.8 Å². The first kappa shape index (κ1) is 26.8. The summed E-state index contributed by atoms with van der Waals surface area (Å²) in [5, 5.41) is 7.30. The van der Waals surface area contributed by atoms with E-state index in [1.54, 1.807) is 6.07 Å². The number of methoxy groups -OCH3 is 1. The molecule has 0 aliphatic heterocycles. The number of nitrogens with one attached hydrogen (secondary N) is 2. The molecule has 2 N–H and O–H groups in total. The van der Waals surface area contributed by atoms with Crippen LogP contribution in [-0.4, -0.2) is 35.2 Å². The minimum atomic E-state index is -0.403. The number of ether oxygens (including phenoxy) is 2. The monoisotopic (exact) mass is 559 g/mol. The largest absolute Gasteiger partial charge is 0.491 e. The average molecular weight is 560 g/mol. The number of benzene rings is 2. The van der Waals surface area contributed by atoms with Crippen molar-refractivity contribution in [2.24, 2.45) is 0 Å². The molecule has 0 radical (unpaired) electrons. The van der Waals surface area contributed by atoms with E-state index in [9.17, 15) is 9.59 Å². The van der Waals surface area contributed by atoms with Crippen LogP contribution in [0.25, 0.3) is 22.2 Å².